The lowest BCUT2D eigenvalue weighted by Crippen LogP contribution is -2.58. The summed E-state index contributed by atoms with van der Waals surface area (Å²) >= 11 is 1.90. The molecule has 0 fully saturated rings. The third kappa shape index (κ3) is 3.41. The largest absolute Gasteiger partial charge is 0.458 e. The lowest BCUT2D eigenvalue weighted by atomic mass is 9.34. The molecule has 3 nitrogen and oxygen atoms in total. The Balaban J connectivity index is 1.33. The first-order valence-electron chi connectivity index (χ1n) is 16.1. The molecule has 0 saturated heterocycles. The molecule has 9 aromatic rings. The maximum atomic E-state index is 6.93. The number of ether oxygens (including phenoxy) is 1. The van der Waals surface area contributed by atoms with Crippen molar-refractivity contribution in [3.05, 3.63) is 152 Å². The Morgan fingerprint density at radius 2 is 1.21 bits per heavy atom. The summed E-state index contributed by atoms with van der Waals surface area (Å²) < 4.78 is 12.1. The van der Waals surface area contributed by atoms with Gasteiger partial charge in [0, 0.05) is 43.3 Å². The summed E-state index contributed by atoms with van der Waals surface area (Å²) in [5, 5.41) is 5.27. The number of hydrogen-bond donors (Lipinski definition) is 0. The number of anilines is 3. The molecule has 0 bridgehead atoms. The molecule has 4 heterocycles. The summed E-state index contributed by atoms with van der Waals surface area (Å²) in [7, 11) is 0. The second kappa shape index (κ2) is 9.38. The maximum absolute atomic E-state index is 6.93. The van der Waals surface area contributed by atoms with Crippen LogP contribution in [0.5, 0.6) is 11.5 Å². The third-order valence-electron chi connectivity index (χ3n) is 10.00. The number of aromatic nitrogens is 1. The quantitative estimate of drug-likeness (QED) is 0.184. The highest BCUT2D eigenvalue weighted by Gasteiger charge is 2.42. The third-order valence-corrected chi connectivity index (χ3v) is 11.1. The van der Waals surface area contributed by atoms with Crippen LogP contribution >= 0.6 is 11.3 Å². The molecule has 0 radical (unpaired) electrons. The van der Waals surface area contributed by atoms with Crippen molar-refractivity contribution in [3.8, 4) is 17.2 Å². The molecule has 0 saturated carbocycles. The highest BCUT2D eigenvalue weighted by atomic mass is 32.1. The van der Waals surface area contributed by atoms with Crippen molar-refractivity contribution in [1.82, 2.24) is 4.57 Å². The van der Waals surface area contributed by atoms with E-state index in [0.717, 1.165) is 28.6 Å². The second-order valence-electron chi connectivity index (χ2n) is 12.5. The molecular weight excluding hydrogens is 591 g/mol. The van der Waals surface area contributed by atoms with Gasteiger partial charge in [0.05, 0.1) is 16.7 Å². The van der Waals surface area contributed by atoms with Gasteiger partial charge in [-0.1, -0.05) is 91.0 Å². The van der Waals surface area contributed by atoms with Crippen LogP contribution in [0.2, 0.25) is 0 Å². The fraction of sp³-hybridized carbons (Fsp3) is 0. The molecular formula is C42H25BN2OS. The van der Waals surface area contributed by atoms with Crippen molar-refractivity contribution in [1.29, 1.82) is 0 Å². The van der Waals surface area contributed by atoms with Gasteiger partial charge in [0.15, 0.2) is 0 Å². The summed E-state index contributed by atoms with van der Waals surface area (Å²) in [5.41, 5.74) is 10.8. The molecule has 11 rings (SSSR count). The van der Waals surface area contributed by atoms with E-state index in [1.54, 1.807) is 0 Å². The monoisotopic (exact) mass is 616 g/mol. The first-order valence-corrected chi connectivity index (χ1v) is 16.9. The van der Waals surface area contributed by atoms with Crippen LogP contribution in [0.4, 0.5) is 17.1 Å². The zero-order chi connectivity index (χ0) is 30.6. The molecule has 0 unspecified atom stereocenters. The Hall–Kier alpha value is -5.78. The zero-order valence-corrected chi connectivity index (χ0v) is 26.0. The SMILES string of the molecule is c1ccc(N(c2ccccc2)c2cc3c4c(c2)-n2c5ccccc5c5cc6sc7ccccc7c6c(c52)B4c2ccccc2O3)cc1. The number of fused-ring (bicyclic) bond motifs is 11. The van der Waals surface area contributed by atoms with Crippen molar-refractivity contribution in [2.24, 2.45) is 0 Å². The van der Waals surface area contributed by atoms with E-state index >= 15 is 0 Å². The predicted octanol–water partition coefficient (Wildman–Crippen LogP) is 9.56. The molecule has 0 N–H and O–H groups in total. The van der Waals surface area contributed by atoms with E-state index in [1.807, 2.05) is 11.3 Å². The van der Waals surface area contributed by atoms with E-state index in [1.165, 1.54) is 64.1 Å². The standard InChI is InChI=1S/C42H25BN2OS/c1-3-13-26(14-4-1)44(27-15-5-2-6-16-27)28-23-34-40-36(24-28)46-35-21-11-9-19-32(35)43(40)41-39-30-18-8-12-22-37(30)47-38(39)25-31-29-17-7-10-20-33(29)45(34)42(31)41/h1-25H. The minimum atomic E-state index is 0.0296. The lowest BCUT2D eigenvalue weighted by molar-refractivity contribution is 0.487. The van der Waals surface area contributed by atoms with Gasteiger partial charge in [-0.05, 0) is 81.8 Å². The van der Waals surface area contributed by atoms with Crippen molar-refractivity contribution < 1.29 is 4.74 Å². The number of rotatable bonds is 3. The van der Waals surface area contributed by atoms with Crippen molar-refractivity contribution in [2.45, 2.75) is 0 Å². The maximum Gasteiger partial charge on any atom is 0.257 e. The molecule has 47 heavy (non-hydrogen) atoms. The Bertz CT molecular complexity index is 2690. The number of nitrogens with zero attached hydrogens (tertiary/aromatic N) is 2. The smallest absolute Gasteiger partial charge is 0.257 e. The lowest BCUT2D eigenvalue weighted by Gasteiger charge is -2.35. The molecule has 2 aromatic heterocycles. The average molecular weight is 617 g/mol. The Labute approximate surface area is 275 Å². The Morgan fingerprint density at radius 1 is 0.532 bits per heavy atom. The topological polar surface area (TPSA) is 17.4 Å². The van der Waals surface area contributed by atoms with E-state index in [0.29, 0.717) is 0 Å². The fourth-order valence-corrected chi connectivity index (χ4v) is 9.34. The first kappa shape index (κ1) is 25.4. The Kier molecular flexibility index (Phi) is 5.07. The molecule has 5 heteroatoms. The van der Waals surface area contributed by atoms with Gasteiger partial charge in [0.25, 0.3) is 6.71 Å². The zero-order valence-electron chi connectivity index (χ0n) is 25.2. The minimum Gasteiger partial charge on any atom is -0.458 e. The van der Waals surface area contributed by atoms with Crippen LogP contribution in [-0.4, -0.2) is 11.3 Å². The summed E-state index contributed by atoms with van der Waals surface area (Å²) in [4.78, 5) is 2.34. The van der Waals surface area contributed by atoms with E-state index in [-0.39, 0.29) is 6.71 Å². The molecule has 2 aliphatic rings. The van der Waals surface area contributed by atoms with Crippen LogP contribution in [0.15, 0.2) is 152 Å². The van der Waals surface area contributed by atoms with Gasteiger partial charge < -0.3 is 14.2 Å². The molecule has 0 spiro atoms. The van der Waals surface area contributed by atoms with Crippen molar-refractivity contribution >= 4 is 93.5 Å². The molecule has 0 amide bonds. The number of hydrogen-bond acceptors (Lipinski definition) is 3. The van der Waals surface area contributed by atoms with Gasteiger partial charge in [-0.3, -0.25) is 0 Å². The summed E-state index contributed by atoms with van der Waals surface area (Å²) in [5.74, 6) is 1.83. The van der Waals surface area contributed by atoms with Crippen LogP contribution in [0.1, 0.15) is 0 Å². The van der Waals surface area contributed by atoms with Gasteiger partial charge in [0.2, 0.25) is 0 Å². The van der Waals surface area contributed by atoms with Crippen molar-refractivity contribution in [3.63, 3.8) is 0 Å². The molecule has 2 aliphatic heterocycles. The van der Waals surface area contributed by atoms with Crippen molar-refractivity contribution in [2.75, 3.05) is 4.90 Å². The summed E-state index contributed by atoms with van der Waals surface area (Å²) in [6.07, 6.45) is 0. The van der Waals surface area contributed by atoms with E-state index in [9.17, 15) is 0 Å². The van der Waals surface area contributed by atoms with E-state index < -0.39 is 0 Å². The highest BCUT2D eigenvalue weighted by Crippen LogP contribution is 2.45. The summed E-state index contributed by atoms with van der Waals surface area (Å²) in [6.45, 7) is 0.0296. The predicted molar refractivity (Wildman–Crippen MR) is 200 cm³/mol. The Morgan fingerprint density at radius 3 is 2.02 bits per heavy atom. The van der Waals surface area contributed by atoms with Gasteiger partial charge in [0.1, 0.15) is 11.5 Å². The van der Waals surface area contributed by atoms with Crippen LogP contribution in [0, 0.1) is 0 Å². The van der Waals surface area contributed by atoms with Crippen LogP contribution < -0.4 is 26.0 Å². The average Bonchev–Trinajstić information content (AvgIpc) is 3.67. The van der Waals surface area contributed by atoms with Gasteiger partial charge in [-0.15, -0.1) is 11.3 Å². The normalized spacial score (nSPS) is 12.8. The second-order valence-corrected chi connectivity index (χ2v) is 13.6. The number of benzene rings is 7. The van der Waals surface area contributed by atoms with E-state index in [4.69, 9.17) is 4.74 Å². The fourth-order valence-electron chi connectivity index (χ4n) is 8.17. The van der Waals surface area contributed by atoms with Gasteiger partial charge >= 0.3 is 0 Å². The van der Waals surface area contributed by atoms with Gasteiger partial charge in [-0.2, -0.15) is 0 Å². The van der Waals surface area contributed by atoms with Crippen LogP contribution in [0.25, 0.3) is 47.7 Å². The highest BCUT2D eigenvalue weighted by molar-refractivity contribution is 7.26. The first-order chi connectivity index (χ1) is 23.3. The van der Waals surface area contributed by atoms with Crippen LogP contribution in [0.3, 0.4) is 0 Å². The minimum absolute atomic E-state index is 0.0296. The molecule has 0 aliphatic carbocycles. The van der Waals surface area contributed by atoms with E-state index in [2.05, 4.69) is 161 Å². The van der Waals surface area contributed by atoms with Gasteiger partial charge in [-0.25, -0.2) is 0 Å². The molecule has 0 atom stereocenters. The number of para-hydroxylation sites is 4. The summed E-state index contributed by atoms with van der Waals surface area (Å²) in [6, 6.07) is 54.7. The molecule has 7 aromatic carbocycles. The molecule has 218 valence electrons. The van der Waals surface area contributed by atoms with Crippen LogP contribution in [-0.2, 0) is 0 Å². The number of thiophene rings is 1.